The maximum absolute atomic E-state index is 3.52. The Labute approximate surface area is 109 Å². The zero-order valence-corrected chi connectivity index (χ0v) is 10.9. The molecule has 0 radical (unpaired) electrons. The fourth-order valence-corrected chi connectivity index (χ4v) is 2.47. The summed E-state index contributed by atoms with van der Waals surface area (Å²) < 4.78 is 1.13. The number of hydrogen-bond donors (Lipinski definition) is 1. The predicted molar refractivity (Wildman–Crippen MR) is 76.8 cm³/mol. The van der Waals surface area contributed by atoms with Crippen molar-refractivity contribution in [2.24, 2.45) is 0 Å². The van der Waals surface area contributed by atoms with E-state index in [2.05, 4.69) is 75.9 Å². The molecular formula is C15H12BrN. The Bertz CT molecular complexity index is 587. The summed E-state index contributed by atoms with van der Waals surface area (Å²) >= 11 is 3.52. The van der Waals surface area contributed by atoms with E-state index < -0.39 is 0 Å². The van der Waals surface area contributed by atoms with E-state index >= 15 is 0 Å². The van der Waals surface area contributed by atoms with Gasteiger partial charge in [-0.15, -0.1) is 0 Å². The smallest absolute Gasteiger partial charge is 0.0416 e. The summed E-state index contributed by atoms with van der Waals surface area (Å²) in [4.78, 5) is 0. The van der Waals surface area contributed by atoms with Gasteiger partial charge >= 0.3 is 0 Å². The standard InChI is InChI=1S/C15H12BrN/c16-14-8-7-11-5-6-12-3-1-2-4-15(12)17-10-13(11)9-14/h1-9,17H,10H2/b6-5-. The van der Waals surface area contributed by atoms with Gasteiger partial charge in [0.25, 0.3) is 0 Å². The van der Waals surface area contributed by atoms with Crippen LogP contribution in [0.25, 0.3) is 12.2 Å². The minimum absolute atomic E-state index is 0.857. The molecule has 0 aliphatic carbocycles. The van der Waals surface area contributed by atoms with Crippen molar-refractivity contribution >= 4 is 33.8 Å². The monoisotopic (exact) mass is 285 g/mol. The molecule has 84 valence electrons. The lowest BCUT2D eigenvalue weighted by Gasteiger charge is -2.15. The Morgan fingerprint density at radius 2 is 1.76 bits per heavy atom. The van der Waals surface area contributed by atoms with E-state index in [9.17, 15) is 0 Å². The second-order valence-electron chi connectivity index (χ2n) is 4.12. The fraction of sp³-hybridized carbons (Fsp3) is 0.0667. The van der Waals surface area contributed by atoms with Gasteiger partial charge in [0.05, 0.1) is 0 Å². The van der Waals surface area contributed by atoms with Crippen molar-refractivity contribution in [3.8, 4) is 0 Å². The maximum Gasteiger partial charge on any atom is 0.0416 e. The highest BCUT2D eigenvalue weighted by Crippen LogP contribution is 2.25. The Balaban J connectivity index is 2.09. The molecule has 0 amide bonds. The highest BCUT2D eigenvalue weighted by molar-refractivity contribution is 9.10. The molecule has 0 fully saturated rings. The summed E-state index contributed by atoms with van der Waals surface area (Å²) in [5, 5.41) is 3.48. The maximum atomic E-state index is 3.52. The summed E-state index contributed by atoms with van der Waals surface area (Å²) in [6.07, 6.45) is 4.34. The number of rotatable bonds is 0. The van der Waals surface area contributed by atoms with E-state index in [1.807, 2.05) is 0 Å². The minimum Gasteiger partial charge on any atom is -0.380 e. The first-order valence-corrected chi connectivity index (χ1v) is 6.42. The molecule has 1 heterocycles. The highest BCUT2D eigenvalue weighted by atomic mass is 79.9. The van der Waals surface area contributed by atoms with E-state index in [0.29, 0.717) is 0 Å². The van der Waals surface area contributed by atoms with Crippen LogP contribution in [0.4, 0.5) is 5.69 Å². The van der Waals surface area contributed by atoms with Crippen molar-refractivity contribution in [1.29, 1.82) is 0 Å². The molecule has 0 saturated heterocycles. The van der Waals surface area contributed by atoms with E-state index in [0.717, 1.165) is 11.0 Å². The summed E-state index contributed by atoms with van der Waals surface area (Å²) in [6.45, 7) is 0.857. The topological polar surface area (TPSA) is 12.0 Å². The lowest BCUT2D eigenvalue weighted by atomic mass is 10.0. The molecule has 17 heavy (non-hydrogen) atoms. The van der Waals surface area contributed by atoms with Crippen molar-refractivity contribution in [2.75, 3.05) is 5.32 Å². The predicted octanol–water partition coefficient (Wildman–Crippen LogP) is 4.55. The average molecular weight is 286 g/mol. The molecule has 0 aromatic heterocycles. The van der Waals surface area contributed by atoms with Gasteiger partial charge in [-0.05, 0) is 34.9 Å². The minimum atomic E-state index is 0.857. The van der Waals surface area contributed by atoms with Crippen LogP contribution in [0.2, 0.25) is 0 Å². The van der Waals surface area contributed by atoms with Crippen LogP contribution in [-0.4, -0.2) is 0 Å². The van der Waals surface area contributed by atoms with E-state index in [1.165, 1.54) is 22.4 Å². The van der Waals surface area contributed by atoms with Crippen molar-refractivity contribution in [1.82, 2.24) is 0 Å². The van der Waals surface area contributed by atoms with Gasteiger partial charge in [0, 0.05) is 16.7 Å². The first-order valence-electron chi connectivity index (χ1n) is 5.62. The summed E-state index contributed by atoms with van der Waals surface area (Å²) in [5.74, 6) is 0. The molecule has 0 unspecified atom stereocenters. The van der Waals surface area contributed by atoms with Crippen LogP contribution in [0.1, 0.15) is 16.7 Å². The van der Waals surface area contributed by atoms with Gasteiger partial charge in [-0.25, -0.2) is 0 Å². The average Bonchev–Trinajstić information content (AvgIpc) is 2.33. The normalized spacial score (nSPS) is 14.9. The van der Waals surface area contributed by atoms with Gasteiger partial charge in [-0.1, -0.05) is 52.3 Å². The van der Waals surface area contributed by atoms with Crippen LogP contribution in [-0.2, 0) is 6.54 Å². The Kier molecular flexibility index (Phi) is 2.73. The van der Waals surface area contributed by atoms with E-state index in [4.69, 9.17) is 0 Å². The zero-order chi connectivity index (χ0) is 11.7. The Hall–Kier alpha value is -1.54. The molecular weight excluding hydrogens is 274 g/mol. The lowest BCUT2D eigenvalue weighted by Crippen LogP contribution is -2.04. The number of anilines is 1. The van der Waals surface area contributed by atoms with E-state index in [1.54, 1.807) is 0 Å². The molecule has 1 aliphatic rings. The molecule has 1 N–H and O–H groups in total. The second-order valence-corrected chi connectivity index (χ2v) is 5.03. The SMILES string of the molecule is Brc1ccc2c(c1)CNc1ccccc1/C=C\2. The number of hydrogen-bond acceptors (Lipinski definition) is 1. The summed E-state index contributed by atoms with van der Waals surface area (Å²) in [7, 11) is 0. The molecule has 0 bridgehead atoms. The number of para-hydroxylation sites is 1. The molecule has 2 heteroatoms. The first kappa shape index (κ1) is 10.6. The molecule has 0 atom stereocenters. The first-order chi connectivity index (χ1) is 8.33. The van der Waals surface area contributed by atoms with Crippen molar-refractivity contribution in [3.63, 3.8) is 0 Å². The number of nitrogens with one attached hydrogen (secondary N) is 1. The molecule has 2 aromatic carbocycles. The van der Waals surface area contributed by atoms with Crippen molar-refractivity contribution in [3.05, 3.63) is 63.6 Å². The van der Waals surface area contributed by atoms with Gasteiger partial charge in [0.1, 0.15) is 0 Å². The molecule has 3 rings (SSSR count). The third-order valence-electron chi connectivity index (χ3n) is 2.98. The van der Waals surface area contributed by atoms with E-state index in [-0.39, 0.29) is 0 Å². The Morgan fingerprint density at radius 1 is 0.941 bits per heavy atom. The quantitative estimate of drug-likeness (QED) is 0.749. The van der Waals surface area contributed by atoms with Crippen LogP contribution < -0.4 is 5.32 Å². The van der Waals surface area contributed by atoms with Crippen LogP contribution in [0.5, 0.6) is 0 Å². The van der Waals surface area contributed by atoms with Gasteiger partial charge in [0.15, 0.2) is 0 Å². The van der Waals surface area contributed by atoms with Crippen molar-refractivity contribution < 1.29 is 0 Å². The highest BCUT2D eigenvalue weighted by Gasteiger charge is 2.06. The molecule has 2 aromatic rings. The van der Waals surface area contributed by atoms with Gasteiger partial charge in [-0.2, -0.15) is 0 Å². The van der Waals surface area contributed by atoms with Crippen LogP contribution in [0.3, 0.4) is 0 Å². The fourth-order valence-electron chi connectivity index (χ4n) is 2.06. The molecule has 0 spiro atoms. The van der Waals surface area contributed by atoms with Crippen LogP contribution in [0.15, 0.2) is 46.9 Å². The molecule has 0 saturated carbocycles. The third kappa shape index (κ3) is 2.13. The summed E-state index contributed by atoms with van der Waals surface area (Å²) in [5.41, 5.74) is 5.01. The van der Waals surface area contributed by atoms with Crippen LogP contribution in [0, 0.1) is 0 Å². The van der Waals surface area contributed by atoms with Crippen LogP contribution >= 0.6 is 15.9 Å². The van der Waals surface area contributed by atoms with Gasteiger partial charge < -0.3 is 5.32 Å². The number of halogens is 1. The second kappa shape index (κ2) is 4.38. The third-order valence-corrected chi connectivity index (χ3v) is 3.47. The molecule has 1 aliphatic heterocycles. The largest absolute Gasteiger partial charge is 0.380 e. The number of fused-ring (bicyclic) bond motifs is 2. The zero-order valence-electron chi connectivity index (χ0n) is 9.28. The van der Waals surface area contributed by atoms with Gasteiger partial charge in [-0.3, -0.25) is 0 Å². The summed E-state index contributed by atoms with van der Waals surface area (Å²) in [6, 6.07) is 14.8. The number of benzene rings is 2. The Morgan fingerprint density at radius 3 is 2.71 bits per heavy atom. The lowest BCUT2D eigenvalue weighted by molar-refractivity contribution is 1.13. The van der Waals surface area contributed by atoms with Crippen molar-refractivity contribution in [2.45, 2.75) is 6.54 Å². The molecule has 1 nitrogen and oxygen atoms in total. The van der Waals surface area contributed by atoms with Gasteiger partial charge in [0.2, 0.25) is 0 Å².